The molecule has 0 aromatic heterocycles. The van der Waals surface area contributed by atoms with E-state index in [-0.39, 0.29) is 6.61 Å². The van der Waals surface area contributed by atoms with Crippen molar-refractivity contribution in [2.45, 2.75) is 19.1 Å². The summed E-state index contributed by atoms with van der Waals surface area (Å²) in [4.78, 5) is 0. The van der Waals surface area contributed by atoms with Crippen LogP contribution in [-0.4, -0.2) is 22.9 Å². The van der Waals surface area contributed by atoms with Crippen LogP contribution in [0.3, 0.4) is 0 Å². The predicted octanol–water partition coefficient (Wildman–Crippen LogP) is 0.782. The second-order valence-corrected chi connectivity index (χ2v) is 3.36. The van der Waals surface area contributed by atoms with Gasteiger partial charge < -0.3 is 14.9 Å². The molecular weight excluding hydrogens is 168 g/mol. The third-order valence-electron chi connectivity index (χ3n) is 2.26. The highest BCUT2D eigenvalue weighted by Gasteiger charge is 2.27. The summed E-state index contributed by atoms with van der Waals surface area (Å²) >= 11 is 0. The van der Waals surface area contributed by atoms with Gasteiger partial charge >= 0.3 is 0 Å². The summed E-state index contributed by atoms with van der Waals surface area (Å²) in [7, 11) is 0. The van der Waals surface area contributed by atoms with Gasteiger partial charge in [0.2, 0.25) is 0 Å². The molecule has 3 heteroatoms. The first-order valence-corrected chi connectivity index (χ1v) is 4.28. The molecule has 1 aromatic rings. The van der Waals surface area contributed by atoms with E-state index in [2.05, 4.69) is 0 Å². The molecule has 1 aliphatic rings. The van der Waals surface area contributed by atoms with Gasteiger partial charge in [-0.3, -0.25) is 0 Å². The first-order chi connectivity index (χ1) is 6.18. The molecule has 0 amide bonds. The monoisotopic (exact) mass is 180 g/mol. The van der Waals surface area contributed by atoms with Crippen molar-refractivity contribution >= 4 is 0 Å². The molecule has 0 fully saturated rings. The molecule has 0 saturated heterocycles. The highest BCUT2D eigenvalue weighted by atomic mass is 16.5. The van der Waals surface area contributed by atoms with Gasteiger partial charge in [0, 0.05) is 5.56 Å². The maximum absolute atomic E-state index is 9.62. The first-order valence-electron chi connectivity index (χ1n) is 4.28. The second-order valence-electron chi connectivity index (χ2n) is 3.36. The van der Waals surface area contributed by atoms with Crippen molar-refractivity contribution in [3.63, 3.8) is 0 Å². The van der Waals surface area contributed by atoms with Crippen LogP contribution in [0.5, 0.6) is 5.75 Å². The number of aryl methyl sites for hydroxylation is 1. The van der Waals surface area contributed by atoms with Gasteiger partial charge in [-0.1, -0.05) is 11.6 Å². The summed E-state index contributed by atoms with van der Waals surface area (Å²) in [6.45, 7) is 2.10. The van der Waals surface area contributed by atoms with E-state index in [0.717, 1.165) is 5.56 Å². The predicted molar refractivity (Wildman–Crippen MR) is 47.6 cm³/mol. The molecule has 0 radical (unpaired) electrons. The topological polar surface area (TPSA) is 49.7 Å². The van der Waals surface area contributed by atoms with Crippen molar-refractivity contribution in [3.8, 4) is 5.75 Å². The van der Waals surface area contributed by atoms with Gasteiger partial charge in [-0.05, 0) is 19.1 Å². The summed E-state index contributed by atoms with van der Waals surface area (Å²) in [6.07, 6.45) is -1.63. The third kappa shape index (κ3) is 1.41. The number of hydrogen-bond donors (Lipinski definition) is 2. The van der Waals surface area contributed by atoms with Gasteiger partial charge in [0.15, 0.2) is 0 Å². The molecule has 2 rings (SSSR count). The molecule has 0 aliphatic carbocycles. The number of benzene rings is 1. The lowest BCUT2D eigenvalue weighted by molar-refractivity contribution is -0.0256. The van der Waals surface area contributed by atoms with Gasteiger partial charge in [-0.2, -0.15) is 0 Å². The number of aliphatic hydroxyl groups is 2. The zero-order valence-electron chi connectivity index (χ0n) is 7.40. The molecule has 1 aliphatic heterocycles. The lowest BCUT2D eigenvalue weighted by Crippen LogP contribution is -2.30. The van der Waals surface area contributed by atoms with Crippen molar-refractivity contribution in [2.24, 2.45) is 0 Å². The summed E-state index contributed by atoms with van der Waals surface area (Å²) in [5.41, 5.74) is 1.73. The van der Waals surface area contributed by atoms with E-state index in [1.54, 1.807) is 0 Å². The number of hydrogen-bond acceptors (Lipinski definition) is 3. The fourth-order valence-electron chi connectivity index (χ4n) is 1.50. The molecule has 1 aromatic carbocycles. The molecule has 0 bridgehead atoms. The Morgan fingerprint density at radius 3 is 2.92 bits per heavy atom. The van der Waals surface area contributed by atoms with Gasteiger partial charge in [-0.15, -0.1) is 0 Å². The third-order valence-corrected chi connectivity index (χ3v) is 2.26. The Kier molecular flexibility index (Phi) is 1.98. The quantitative estimate of drug-likeness (QED) is 0.620. The lowest BCUT2D eigenvalue weighted by atomic mass is 9.99. The Bertz CT molecular complexity index is 322. The molecule has 3 nitrogen and oxygen atoms in total. The van der Waals surface area contributed by atoms with E-state index in [4.69, 9.17) is 4.74 Å². The molecule has 13 heavy (non-hydrogen) atoms. The van der Waals surface area contributed by atoms with Crippen molar-refractivity contribution in [1.82, 2.24) is 0 Å². The molecule has 2 atom stereocenters. The standard InChI is InChI=1S/C10H12O3/c1-6-2-3-9-7(4-6)10(12)8(11)5-13-9/h2-4,8,10-12H,5H2,1H3/t8-,10-/m0/s1. The highest BCUT2D eigenvalue weighted by Crippen LogP contribution is 2.32. The van der Waals surface area contributed by atoms with E-state index >= 15 is 0 Å². The molecular formula is C10H12O3. The maximum atomic E-state index is 9.62. The summed E-state index contributed by atoms with van der Waals surface area (Å²) < 4.78 is 5.25. The molecule has 1 heterocycles. The van der Waals surface area contributed by atoms with Crippen LogP contribution in [-0.2, 0) is 0 Å². The Labute approximate surface area is 76.6 Å². The van der Waals surface area contributed by atoms with Crippen LogP contribution in [0, 0.1) is 6.92 Å². The van der Waals surface area contributed by atoms with Crippen molar-refractivity contribution in [2.75, 3.05) is 6.61 Å². The van der Waals surface area contributed by atoms with E-state index < -0.39 is 12.2 Å². The second kappa shape index (κ2) is 3.01. The molecule has 0 saturated carbocycles. The van der Waals surface area contributed by atoms with Crippen molar-refractivity contribution < 1.29 is 14.9 Å². The van der Waals surface area contributed by atoms with Crippen LogP contribution in [0.2, 0.25) is 0 Å². The zero-order chi connectivity index (χ0) is 9.42. The fraction of sp³-hybridized carbons (Fsp3) is 0.400. The zero-order valence-corrected chi connectivity index (χ0v) is 7.40. The van der Waals surface area contributed by atoms with Gasteiger partial charge in [0.25, 0.3) is 0 Å². The van der Waals surface area contributed by atoms with Crippen LogP contribution in [0.15, 0.2) is 18.2 Å². The number of fused-ring (bicyclic) bond motifs is 1. The Morgan fingerprint density at radius 2 is 2.15 bits per heavy atom. The Hall–Kier alpha value is -1.06. The van der Waals surface area contributed by atoms with Crippen LogP contribution < -0.4 is 4.74 Å². The largest absolute Gasteiger partial charge is 0.490 e. The van der Waals surface area contributed by atoms with Gasteiger partial charge in [0.1, 0.15) is 24.6 Å². The normalized spacial score (nSPS) is 26.4. The highest BCUT2D eigenvalue weighted by molar-refractivity contribution is 5.40. The van der Waals surface area contributed by atoms with Crippen LogP contribution >= 0.6 is 0 Å². The van der Waals surface area contributed by atoms with E-state index in [1.807, 2.05) is 25.1 Å². The number of rotatable bonds is 0. The average Bonchev–Trinajstić information content (AvgIpc) is 2.12. The summed E-state index contributed by atoms with van der Waals surface area (Å²) in [5, 5.41) is 19.0. The van der Waals surface area contributed by atoms with Crippen molar-refractivity contribution in [3.05, 3.63) is 29.3 Å². The average molecular weight is 180 g/mol. The van der Waals surface area contributed by atoms with E-state index in [0.29, 0.717) is 11.3 Å². The number of aliphatic hydroxyl groups excluding tert-OH is 2. The van der Waals surface area contributed by atoms with Crippen LogP contribution in [0.4, 0.5) is 0 Å². The summed E-state index contributed by atoms with van der Waals surface area (Å²) in [6, 6.07) is 5.57. The van der Waals surface area contributed by atoms with Crippen LogP contribution in [0.1, 0.15) is 17.2 Å². The lowest BCUT2D eigenvalue weighted by Gasteiger charge is -2.26. The molecule has 70 valence electrons. The molecule has 0 unspecified atom stereocenters. The van der Waals surface area contributed by atoms with E-state index in [1.165, 1.54) is 0 Å². The van der Waals surface area contributed by atoms with Crippen molar-refractivity contribution in [1.29, 1.82) is 0 Å². The van der Waals surface area contributed by atoms with Crippen LogP contribution in [0.25, 0.3) is 0 Å². The minimum absolute atomic E-state index is 0.164. The Balaban J connectivity index is 2.45. The Morgan fingerprint density at radius 1 is 1.38 bits per heavy atom. The SMILES string of the molecule is Cc1ccc2c(c1)[C@H](O)[C@@H](O)CO2. The molecule has 0 spiro atoms. The number of ether oxygens (including phenoxy) is 1. The first kappa shape index (κ1) is 8.53. The smallest absolute Gasteiger partial charge is 0.125 e. The minimum Gasteiger partial charge on any atom is -0.490 e. The minimum atomic E-state index is -0.816. The van der Waals surface area contributed by atoms with Gasteiger partial charge in [-0.25, -0.2) is 0 Å². The fourth-order valence-corrected chi connectivity index (χ4v) is 1.50. The van der Waals surface area contributed by atoms with Gasteiger partial charge in [0.05, 0.1) is 0 Å². The summed E-state index contributed by atoms with van der Waals surface area (Å²) in [5.74, 6) is 0.670. The maximum Gasteiger partial charge on any atom is 0.125 e. The van der Waals surface area contributed by atoms with E-state index in [9.17, 15) is 10.2 Å². The molecule has 2 N–H and O–H groups in total.